The van der Waals surface area contributed by atoms with E-state index < -0.39 is 12.1 Å². The Morgan fingerprint density at radius 2 is 1.73 bits per heavy atom. The number of hydrogen-bond acceptors (Lipinski definition) is 7. The Balaban J connectivity index is 0.000000604. The molecule has 12 heteroatoms. The average molecular weight is 532 g/mol. The number of hydrogen-bond donors (Lipinski definition) is 2. The van der Waals surface area contributed by atoms with Crippen molar-refractivity contribution in [3.05, 3.63) is 17.6 Å². The van der Waals surface area contributed by atoms with Crippen molar-refractivity contribution in [3.63, 3.8) is 0 Å². The first-order valence-electron chi connectivity index (χ1n) is 12.6. The zero-order valence-corrected chi connectivity index (χ0v) is 22.4. The highest BCUT2D eigenvalue weighted by atomic mass is 19.4. The SMILES string of the molecule is COCCc1cc(N2CCN(CC[C@H]3C[C@H](NC(C)=O)C3)CC2)nc(C(C)(C)C)n1.O=C(O)C(F)(F)F. The van der Waals surface area contributed by atoms with E-state index in [2.05, 4.69) is 42.0 Å². The molecule has 1 aliphatic heterocycles. The van der Waals surface area contributed by atoms with Crippen LogP contribution in [0, 0.1) is 5.92 Å². The molecule has 0 radical (unpaired) electrons. The number of carboxylic acids is 1. The first-order valence-corrected chi connectivity index (χ1v) is 12.6. The van der Waals surface area contributed by atoms with Crippen LogP contribution in [0.4, 0.5) is 19.0 Å². The quantitative estimate of drug-likeness (QED) is 0.527. The molecule has 1 amide bonds. The van der Waals surface area contributed by atoms with Crippen LogP contribution in [0.15, 0.2) is 6.07 Å². The van der Waals surface area contributed by atoms with E-state index in [1.807, 2.05) is 0 Å². The lowest BCUT2D eigenvalue weighted by Gasteiger charge is -2.39. The number of anilines is 1. The lowest BCUT2D eigenvalue weighted by atomic mass is 9.78. The number of aromatic nitrogens is 2. The van der Waals surface area contributed by atoms with Gasteiger partial charge in [0.25, 0.3) is 0 Å². The third-order valence-corrected chi connectivity index (χ3v) is 6.43. The van der Waals surface area contributed by atoms with E-state index in [-0.39, 0.29) is 11.3 Å². The summed E-state index contributed by atoms with van der Waals surface area (Å²) in [5.74, 6) is 0.0660. The third-order valence-electron chi connectivity index (χ3n) is 6.43. The first kappa shape index (κ1) is 30.8. The Hall–Kier alpha value is -2.47. The molecule has 1 saturated carbocycles. The molecule has 2 heterocycles. The Morgan fingerprint density at radius 1 is 1.14 bits per heavy atom. The lowest BCUT2D eigenvalue weighted by molar-refractivity contribution is -0.192. The van der Waals surface area contributed by atoms with Crippen LogP contribution in [0.3, 0.4) is 0 Å². The molecule has 0 atom stereocenters. The van der Waals surface area contributed by atoms with Crippen LogP contribution in [0.1, 0.15) is 58.5 Å². The topological polar surface area (TPSA) is 108 Å². The average Bonchev–Trinajstić information content (AvgIpc) is 2.78. The van der Waals surface area contributed by atoms with Crippen LogP contribution in [0.5, 0.6) is 0 Å². The summed E-state index contributed by atoms with van der Waals surface area (Å²) in [7, 11) is 1.73. The predicted molar refractivity (Wildman–Crippen MR) is 134 cm³/mol. The van der Waals surface area contributed by atoms with Gasteiger partial charge in [-0.2, -0.15) is 13.2 Å². The Labute approximate surface area is 216 Å². The van der Waals surface area contributed by atoms with Crippen molar-refractivity contribution in [3.8, 4) is 0 Å². The van der Waals surface area contributed by atoms with Crippen molar-refractivity contribution in [1.29, 1.82) is 0 Å². The van der Waals surface area contributed by atoms with Crippen molar-refractivity contribution in [2.75, 3.05) is 51.3 Å². The minimum absolute atomic E-state index is 0.0719. The minimum atomic E-state index is -5.08. The summed E-state index contributed by atoms with van der Waals surface area (Å²) in [6.45, 7) is 14.1. The van der Waals surface area contributed by atoms with Crippen LogP contribution < -0.4 is 10.2 Å². The molecule has 3 rings (SSSR count). The van der Waals surface area contributed by atoms with E-state index in [0.29, 0.717) is 12.6 Å². The fourth-order valence-electron chi connectivity index (χ4n) is 4.26. The first-order chi connectivity index (χ1) is 17.2. The molecule has 1 aromatic rings. The highest BCUT2D eigenvalue weighted by Gasteiger charge is 2.38. The number of carbonyl (C=O) groups excluding carboxylic acids is 1. The van der Waals surface area contributed by atoms with E-state index in [1.165, 1.54) is 6.42 Å². The molecule has 1 aliphatic carbocycles. The number of halogens is 3. The van der Waals surface area contributed by atoms with E-state index in [4.69, 9.17) is 24.6 Å². The van der Waals surface area contributed by atoms with Gasteiger partial charge in [-0.25, -0.2) is 14.8 Å². The number of aliphatic carboxylic acids is 1. The predicted octanol–water partition coefficient (Wildman–Crippen LogP) is 3.02. The number of rotatable bonds is 8. The monoisotopic (exact) mass is 531 g/mol. The van der Waals surface area contributed by atoms with Crippen molar-refractivity contribution in [2.24, 2.45) is 5.92 Å². The molecule has 1 aromatic heterocycles. The summed E-state index contributed by atoms with van der Waals surface area (Å²) in [6.07, 6.45) is -0.754. The molecule has 0 aromatic carbocycles. The lowest BCUT2D eigenvalue weighted by Crippen LogP contribution is -2.48. The minimum Gasteiger partial charge on any atom is -0.475 e. The Bertz CT molecular complexity index is 893. The van der Waals surface area contributed by atoms with E-state index >= 15 is 0 Å². The summed E-state index contributed by atoms with van der Waals surface area (Å²) >= 11 is 0. The van der Waals surface area contributed by atoms with Crippen LogP contribution in [0.25, 0.3) is 0 Å². The summed E-state index contributed by atoms with van der Waals surface area (Å²) in [4.78, 5) is 34.7. The van der Waals surface area contributed by atoms with Crippen molar-refractivity contribution < 1.29 is 32.6 Å². The summed E-state index contributed by atoms with van der Waals surface area (Å²) in [6, 6.07) is 2.55. The number of methoxy groups -OCH3 is 1. The van der Waals surface area contributed by atoms with E-state index in [9.17, 15) is 18.0 Å². The van der Waals surface area contributed by atoms with Crippen LogP contribution >= 0.6 is 0 Å². The maximum absolute atomic E-state index is 11.1. The molecule has 0 spiro atoms. The van der Waals surface area contributed by atoms with Crippen molar-refractivity contribution in [2.45, 2.75) is 71.0 Å². The van der Waals surface area contributed by atoms with Gasteiger partial charge in [-0.05, 0) is 31.7 Å². The second kappa shape index (κ2) is 13.4. The zero-order chi connectivity index (χ0) is 27.8. The summed E-state index contributed by atoms with van der Waals surface area (Å²) in [5.41, 5.74) is 0.991. The van der Waals surface area contributed by atoms with Gasteiger partial charge in [-0.3, -0.25) is 9.69 Å². The maximum atomic E-state index is 11.1. The summed E-state index contributed by atoms with van der Waals surface area (Å²) in [5, 5.41) is 10.1. The molecule has 2 N–H and O–H groups in total. The molecule has 210 valence electrons. The van der Waals surface area contributed by atoms with Gasteiger partial charge in [-0.15, -0.1) is 0 Å². The van der Waals surface area contributed by atoms with Gasteiger partial charge in [-0.1, -0.05) is 20.8 Å². The molecule has 37 heavy (non-hydrogen) atoms. The normalized spacial score (nSPS) is 20.5. The van der Waals surface area contributed by atoms with Gasteiger partial charge >= 0.3 is 12.1 Å². The number of alkyl halides is 3. The molecular weight excluding hydrogens is 491 g/mol. The second-order valence-electron chi connectivity index (χ2n) is 10.7. The zero-order valence-electron chi connectivity index (χ0n) is 22.4. The van der Waals surface area contributed by atoms with Gasteiger partial charge in [0.15, 0.2) is 0 Å². The molecule has 0 bridgehead atoms. The van der Waals surface area contributed by atoms with Crippen LogP contribution in [0.2, 0.25) is 0 Å². The number of ether oxygens (including phenoxy) is 1. The number of nitrogens with one attached hydrogen (secondary N) is 1. The molecule has 0 unspecified atom stereocenters. The highest BCUT2D eigenvalue weighted by molar-refractivity contribution is 5.73. The van der Waals surface area contributed by atoms with Crippen LogP contribution in [-0.4, -0.2) is 90.5 Å². The number of carbonyl (C=O) groups is 2. The molecule has 2 aliphatic rings. The van der Waals surface area contributed by atoms with Gasteiger partial charge in [0.2, 0.25) is 5.91 Å². The fraction of sp³-hybridized carbons (Fsp3) is 0.760. The molecule has 1 saturated heterocycles. The highest BCUT2D eigenvalue weighted by Crippen LogP contribution is 2.30. The standard InChI is InChI=1S/C23H39N5O2.C2HF3O2/c1-17(29)24-20-14-18(15-20)6-8-27-9-11-28(12-10-27)21-16-19(7-13-30-5)25-22(26-21)23(2,3)4;3-2(4,5)1(6)7/h16,18,20H,6-15H2,1-5H3,(H,24,29);(H,6,7)/t18-,20-;. The largest absolute Gasteiger partial charge is 0.490 e. The Kier molecular flexibility index (Phi) is 11.1. The fourth-order valence-corrected chi connectivity index (χ4v) is 4.26. The number of carboxylic acid groups (broad SMARTS) is 1. The summed E-state index contributed by atoms with van der Waals surface area (Å²) < 4.78 is 37.0. The molecule has 9 nitrogen and oxygen atoms in total. The number of amides is 1. The Morgan fingerprint density at radius 3 is 2.22 bits per heavy atom. The van der Waals surface area contributed by atoms with E-state index in [1.54, 1.807) is 14.0 Å². The molecular formula is C25H40F3N5O4. The molecule has 2 fully saturated rings. The smallest absolute Gasteiger partial charge is 0.475 e. The van der Waals surface area contributed by atoms with Crippen molar-refractivity contribution >= 4 is 17.7 Å². The maximum Gasteiger partial charge on any atom is 0.490 e. The van der Waals surface area contributed by atoms with Gasteiger partial charge in [0.1, 0.15) is 11.6 Å². The number of piperazine rings is 1. The van der Waals surface area contributed by atoms with Gasteiger partial charge in [0.05, 0.1) is 6.61 Å². The van der Waals surface area contributed by atoms with Gasteiger partial charge in [0, 0.05) is 69.9 Å². The number of nitrogens with zero attached hydrogens (tertiary/aromatic N) is 4. The third kappa shape index (κ3) is 10.4. The van der Waals surface area contributed by atoms with Crippen LogP contribution in [-0.2, 0) is 26.2 Å². The van der Waals surface area contributed by atoms with E-state index in [0.717, 1.165) is 75.2 Å². The second-order valence-corrected chi connectivity index (χ2v) is 10.7. The van der Waals surface area contributed by atoms with Gasteiger partial charge < -0.3 is 20.1 Å². The van der Waals surface area contributed by atoms with Crippen molar-refractivity contribution in [1.82, 2.24) is 20.2 Å².